The summed E-state index contributed by atoms with van der Waals surface area (Å²) in [5, 5.41) is 7.68. The SMILES string of the molecule is CCn1nc(C)cc1CC(=O)CCNC(C)(C)C. The molecule has 0 aliphatic rings. The first-order chi connectivity index (χ1) is 8.31. The summed E-state index contributed by atoms with van der Waals surface area (Å²) in [5.41, 5.74) is 2.07. The average Bonchev–Trinajstić information content (AvgIpc) is 2.56. The van der Waals surface area contributed by atoms with Crippen LogP contribution in [0.1, 0.15) is 45.5 Å². The maximum absolute atomic E-state index is 11.9. The van der Waals surface area contributed by atoms with Crippen LogP contribution in [0.15, 0.2) is 6.07 Å². The van der Waals surface area contributed by atoms with Crippen LogP contribution in [0.25, 0.3) is 0 Å². The lowest BCUT2D eigenvalue weighted by molar-refractivity contribution is -0.118. The van der Waals surface area contributed by atoms with Gasteiger partial charge in [0.15, 0.2) is 0 Å². The van der Waals surface area contributed by atoms with Gasteiger partial charge in [-0.25, -0.2) is 0 Å². The van der Waals surface area contributed by atoms with Crippen molar-refractivity contribution in [3.05, 3.63) is 17.5 Å². The zero-order chi connectivity index (χ0) is 13.8. The van der Waals surface area contributed by atoms with Crippen molar-refractivity contribution in [3.63, 3.8) is 0 Å². The molecule has 1 rings (SSSR count). The normalized spacial score (nSPS) is 11.8. The van der Waals surface area contributed by atoms with Crippen molar-refractivity contribution in [2.75, 3.05) is 6.54 Å². The predicted octanol–water partition coefficient (Wildman–Crippen LogP) is 2.10. The molecule has 0 saturated heterocycles. The minimum atomic E-state index is 0.0715. The van der Waals surface area contributed by atoms with Gasteiger partial charge in [0.1, 0.15) is 5.78 Å². The van der Waals surface area contributed by atoms with E-state index in [4.69, 9.17) is 0 Å². The van der Waals surface area contributed by atoms with Crippen molar-refractivity contribution >= 4 is 5.78 Å². The Morgan fingerprint density at radius 3 is 2.67 bits per heavy atom. The van der Waals surface area contributed by atoms with Crippen molar-refractivity contribution in [1.29, 1.82) is 0 Å². The summed E-state index contributed by atoms with van der Waals surface area (Å²) < 4.78 is 1.91. The van der Waals surface area contributed by atoms with E-state index in [1.165, 1.54) is 0 Å². The van der Waals surface area contributed by atoms with Gasteiger partial charge in [0.2, 0.25) is 0 Å². The largest absolute Gasteiger partial charge is 0.312 e. The number of nitrogens with one attached hydrogen (secondary N) is 1. The lowest BCUT2D eigenvalue weighted by atomic mass is 10.1. The van der Waals surface area contributed by atoms with Crippen LogP contribution in [0.5, 0.6) is 0 Å². The molecule has 4 nitrogen and oxygen atoms in total. The van der Waals surface area contributed by atoms with Crippen molar-refractivity contribution in [1.82, 2.24) is 15.1 Å². The Kier molecular flexibility index (Phi) is 5.08. The fourth-order valence-electron chi connectivity index (χ4n) is 1.88. The summed E-state index contributed by atoms with van der Waals surface area (Å²) in [4.78, 5) is 11.9. The van der Waals surface area contributed by atoms with Gasteiger partial charge >= 0.3 is 0 Å². The highest BCUT2D eigenvalue weighted by Crippen LogP contribution is 2.06. The van der Waals surface area contributed by atoms with Gasteiger partial charge in [0.25, 0.3) is 0 Å². The highest BCUT2D eigenvalue weighted by atomic mass is 16.1. The first kappa shape index (κ1) is 14.9. The molecule has 0 amide bonds. The van der Waals surface area contributed by atoms with Crippen molar-refractivity contribution in [2.45, 2.75) is 59.5 Å². The molecule has 0 spiro atoms. The van der Waals surface area contributed by atoms with Crippen molar-refractivity contribution in [2.24, 2.45) is 0 Å². The molecule has 0 saturated carbocycles. The highest BCUT2D eigenvalue weighted by molar-refractivity contribution is 5.80. The number of Topliss-reactive ketones (excluding diaryl/α,β-unsaturated/α-hetero) is 1. The van der Waals surface area contributed by atoms with E-state index in [1.54, 1.807) is 0 Å². The van der Waals surface area contributed by atoms with Crippen LogP contribution in [0.2, 0.25) is 0 Å². The number of hydrogen-bond donors (Lipinski definition) is 1. The summed E-state index contributed by atoms with van der Waals surface area (Å²) >= 11 is 0. The topological polar surface area (TPSA) is 46.9 Å². The molecule has 102 valence electrons. The molecule has 0 unspecified atom stereocenters. The van der Waals surface area contributed by atoms with E-state index >= 15 is 0 Å². The average molecular weight is 251 g/mol. The standard InChI is InChI=1S/C14H25N3O/c1-6-17-12(9-11(2)16-17)10-13(18)7-8-15-14(3,4)5/h9,15H,6-8,10H2,1-5H3. The maximum Gasteiger partial charge on any atom is 0.140 e. The van der Waals surface area contributed by atoms with Crippen LogP contribution in [0.4, 0.5) is 0 Å². The zero-order valence-corrected chi connectivity index (χ0v) is 12.2. The number of aromatic nitrogens is 2. The van der Waals surface area contributed by atoms with E-state index in [0.717, 1.165) is 24.5 Å². The summed E-state index contributed by atoms with van der Waals surface area (Å²) in [5.74, 6) is 0.265. The summed E-state index contributed by atoms with van der Waals surface area (Å²) in [6.45, 7) is 11.9. The zero-order valence-electron chi connectivity index (χ0n) is 12.2. The summed E-state index contributed by atoms with van der Waals surface area (Å²) in [6, 6.07) is 2.00. The number of aryl methyl sites for hydroxylation is 2. The number of hydrogen-bond acceptors (Lipinski definition) is 3. The Bertz CT molecular complexity index is 402. The Labute approximate surface area is 110 Å². The maximum atomic E-state index is 11.9. The van der Waals surface area contributed by atoms with Crippen LogP contribution in [-0.2, 0) is 17.8 Å². The van der Waals surface area contributed by atoms with Crippen LogP contribution in [0.3, 0.4) is 0 Å². The van der Waals surface area contributed by atoms with Gasteiger partial charge in [-0.3, -0.25) is 9.48 Å². The fourth-order valence-corrected chi connectivity index (χ4v) is 1.88. The second-order valence-corrected chi connectivity index (χ2v) is 5.74. The van der Waals surface area contributed by atoms with E-state index in [-0.39, 0.29) is 11.3 Å². The molecular weight excluding hydrogens is 226 g/mol. The molecule has 1 aromatic heterocycles. The molecule has 0 aliphatic heterocycles. The molecule has 1 N–H and O–H groups in total. The molecule has 4 heteroatoms. The Morgan fingerprint density at radius 1 is 1.44 bits per heavy atom. The quantitative estimate of drug-likeness (QED) is 0.842. The third-order valence-corrected chi connectivity index (χ3v) is 2.72. The number of carbonyl (C=O) groups excluding carboxylic acids is 1. The molecule has 0 fully saturated rings. The van der Waals surface area contributed by atoms with E-state index in [1.807, 2.05) is 24.6 Å². The fraction of sp³-hybridized carbons (Fsp3) is 0.714. The van der Waals surface area contributed by atoms with E-state index in [0.29, 0.717) is 12.8 Å². The van der Waals surface area contributed by atoms with Crippen LogP contribution >= 0.6 is 0 Å². The van der Waals surface area contributed by atoms with Crippen LogP contribution < -0.4 is 5.32 Å². The van der Waals surface area contributed by atoms with E-state index in [9.17, 15) is 4.79 Å². The monoisotopic (exact) mass is 251 g/mol. The smallest absolute Gasteiger partial charge is 0.140 e. The van der Waals surface area contributed by atoms with Gasteiger partial charge in [-0.2, -0.15) is 5.10 Å². The molecule has 0 atom stereocenters. The Morgan fingerprint density at radius 2 is 2.11 bits per heavy atom. The predicted molar refractivity (Wildman–Crippen MR) is 73.7 cm³/mol. The molecule has 0 aliphatic carbocycles. The highest BCUT2D eigenvalue weighted by Gasteiger charge is 2.12. The Balaban J connectivity index is 2.44. The summed E-state index contributed by atoms with van der Waals surface area (Å²) in [7, 11) is 0. The molecule has 0 radical (unpaired) electrons. The number of nitrogens with zero attached hydrogens (tertiary/aromatic N) is 2. The second kappa shape index (κ2) is 6.14. The molecule has 0 bridgehead atoms. The Hall–Kier alpha value is -1.16. The molecule has 18 heavy (non-hydrogen) atoms. The number of ketones is 1. The minimum absolute atomic E-state index is 0.0715. The molecular formula is C14H25N3O. The molecule has 0 aromatic carbocycles. The minimum Gasteiger partial charge on any atom is -0.312 e. The number of rotatable bonds is 6. The van der Waals surface area contributed by atoms with Gasteiger partial charge < -0.3 is 5.32 Å². The van der Waals surface area contributed by atoms with Gasteiger partial charge in [-0.1, -0.05) is 0 Å². The van der Waals surface area contributed by atoms with Crippen molar-refractivity contribution in [3.8, 4) is 0 Å². The summed E-state index contributed by atoms with van der Waals surface area (Å²) in [6.07, 6.45) is 1.06. The first-order valence-corrected chi connectivity index (χ1v) is 6.62. The molecule has 1 heterocycles. The third-order valence-electron chi connectivity index (χ3n) is 2.72. The third kappa shape index (κ3) is 5.00. The van der Waals surface area contributed by atoms with Crippen LogP contribution in [0, 0.1) is 6.92 Å². The van der Waals surface area contributed by atoms with Gasteiger partial charge in [-0.05, 0) is 40.7 Å². The second-order valence-electron chi connectivity index (χ2n) is 5.74. The van der Waals surface area contributed by atoms with Gasteiger partial charge in [0, 0.05) is 37.2 Å². The van der Waals surface area contributed by atoms with E-state index in [2.05, 4.69) is 31.2 Å². The lowest BCUT2D eigenvalue weighted by Crippen LogP contribution is -2.37. The number of carbonyl (C=O) groups is 1. The van der Waals surface area contributed by atoms with E-state index < -0.39 is 0 Å². The first-order valence-electron chi connectivity index (χ1n) is 6.62. The van der Waals surface area contributed by atoms with Crippen LogP contribution in [-0.4, -0.2) is 27.6 Å². The molecule has 1 aromatic rings. The van der Waals surface area contributed by atoms with Gasteiger partial charge in [0.05, 0.1) is 5.69 Å². The van der Waals surface area contributed by atoms with Crippen molar-refractivity contribution < 1.29 is 4.79 Å². The van der Waals surface area contributed by atoms with Gasteiger partial charge in [-0.15, -0.1) is 0 Å². The lowest BCUT2D eigenvalue weighted by Gasteiger charge is -2.20.